The van der Waals surface area contributed by atoms with Crippen molar-refractivity contribution in [3.63, 3.8) is 0 Å². The molecule has 0 aliphatic carbocycles. The van der Waals surface area contributed by atoms with Crippen LogP contribution < -0.4 is 15.6 Å². The fourth-order valence-electron chi connectivity index (χ4n) is 6.37. The maximum absolute atomic E-state index is 16.8. The lowest BCUT2D eigenvalue weighted by molar-refractivity contribution is -0.144. The summed E-state index contributed by atoms with van der Waals surface area (Å²) < 4.78 is 129. The molecule has 0 fully saturated rings. The number of ether oxygens (including phenoxy) is 2. The van der Waals surface area contributed by atoms with Crippen LogP contribution in [-0.2, 0) is 33.1 Å². The third-order valence-corrected chi connectivity index (χ3v) is 8.85. The third-order valence-electron chi connectivity index (χ3n) is 8.85. The van der Waals surface area contributed by atoms with E-state index in [0.717, 1.165) is 10.8 Å². The first-order valence-electron chi connectivity index (χ1n) is 17.2. The van der Waals surface area contributed by atoms with Gasteiger partial charge in [-0.2, -0.15) is 26.3 Å². The van der Waals surface area contributed by atoms with Gasteiger partial charge in [-0.25, -0.2) is 8.78 Å². The van der Waals surface area contributed by atoms with Gasteiger partial charge in [0.2, 0.25) is 5.91 Å². The van der Waals surface area contributed by atoms with Gasteiger partial charge in [0.1, 0.15) is 23.4 Å². The maximum atomic E-state index is 16.8. The van der Waals surface area contributed by atoms with Crippen LogP contribution in [0, 0.1) is 31.4 Å². The molecule has 2 aromatic carbocycles. The Balaban J connectivity index is 2.33. The van der Waals surface area contributed by atoms with Crippen LogP contribution in [0.2, 0.25) is 0 Å². The van der Waals surface area contributed by atoms with Crippen molar-refractivity contribution in [2.45, 2.75) is 84.7 Å². The van der Waals surface area contributed by atoms with Crippen LogP contribution in [0.1, 0.15) is 85.5 Å². The Kier molecular flexibility index (Phi) is 14.5. The smallest absolute Gasteiger partial charge is 0.419 e. The van der Waals surface area contributed by atoms with Crippen molar-refractivity contribution in [2.24, 2.45) is 5.92 Å². The number of nitrogens with zero attached hydrogens (tertiary/aromatic N) is 2. The molecule has 0 saturated heterocycles. The summed E-state index contributed by atoms with van der Waals surface area (Å²) in [4.78, 5) is 42.0. The van der Waals surface area contributed by atoms with Gasteiger partial charge in [0.15, 0.2) is 0 Å². The minimum Gasteiger partial charge on any atom is -0.496 e. The summed E-state index contributed by atoms with van der Waals surface area (Å²) >= 11 is 0. The van der Waals surface area contributed by atoms with Crippen LogP contribution in [0.15, 0.2) is 35.3 Å². The van der Waals surface area contributed by atoms with E-state index in [1.54, 1.807) is 32.8 Å². The van der Waals surface area contributed by atoms with Crippen molar-refractivity contribution < 1.29 is 54.2 Å². The van der Waals surface area contributed by atoms with Crippen molar-refractivity contribution in [3.8, 4) is 16.9 Å². The highest BCUT2D eigenvalue weighted by Crippen LogP contribution is 2.43. The Labute approximate surface area is 308 Å². The first-order valence-corrected chi connectivity index (χ1v) is 17.2. The molecule has 3 rings (SSSR count). The van der Waals surface area contributed by atoms with Gasteiger partial charge in [-0.1, -0.05) is 19.9 Å². The van der Waals surface area contributed by atoms with Gasteiger partial charge in [0.05, 0.1) is 37.3 Å². The van der Waals surface area contributed by atoms with Crippen molar-refractivity contribution in [2.75, 3.05) is 34.4 Å². The number of nitrogens with one attached hydrogen (secondary N) is 1. The number of amides is 1. The molecule has 1 amide bonds. The summed E-state index contributed by atoms with van der Waals surface area (Å²) in [5, 5.41) is 2.27. The van der Waals surface area contributed by atoms with Gasteiger partial charge in [-0.3, -0.25) is 14.4 Å². The molecular formula is C38H45F8N3O5. The molecule has 54 heavy (non-hydrogen) atoms. The third kappa shape index (κ3) is 10.4. The van der Waals surface area contributed by atoms with E-state index >= 15 is 8.78 Å². The predicted molar refractivity (Wildman–Crippen MR) is 186 cm³/mol. The van der Waals surface area contributed by atoms with Crippen LogP contribution in [0.3, 0.4) is 0 Å². The first-order chi connectivity index (χ1) is 25.0. The largest absolute Gasteiger partial charge is 0.496 e. The number of methoxy groups -OCH3 is 1. The molecule has 0 aliphatic rings. The summed E-state index contributed by atoms with van der Waals surface area (Å²) in [7, 11) is 4.74. The molecule has 16 heteroatoms. The Bertz CT molecular complexity index is 1890. The van der Waals surface area contributed by atoms with E-state index in [-0.39, 0.29) is 48.3 Å². The number of halogens is 8. The lowest BCUT2D eigenvalue weighted by atomic mass is 9.88. The standard InChI is InChI=1S/C38H45F8N3O5/c1-9-54-31(51)18-27(33-34(39)24(16-26(35(33)40)38(44,45)46)32-21(4)12-13-29(53-8)22(32)5)47-36(52)28(15-20(2)3)49-19-23(11-10-14-48(6)7)25(17-30(49)50)37(41,42)43/h12-13,16-17,19-20,27-28H,9-11,14-15,18H2,1-8H3,(H,47,52)/t27-,28?/m0/s1. The van der Waals surface area contributed by atoms with Gasteiger partial charge in [-0.15, -0.1) is 0 Å². The summed E-state index contributed by atoms with van der Waals surface area (Å²) in [5.41, 5.74) is -6.16. The van der Waals surface area contributed by atoms with E-state index in [9.17, 15) is 40.7 Å². The molecule has 2 atom stereocenters. The van der Waals surface area contributed by atoms with Crippen LogP contribution in [0.25, 0.3) is 11.1 Å². The monoisotopic (exact) mass is 775 g/mol. The van der Waals surface area contributed by atoms with Crippen molar-refractivity contribution in [1.29, 1.82) is 0 Å². The fraction of sp³-hybridized carbons (Fsp3) is 0.500. The topological polar surface area (TPSA) is 89.9 Å². The quantitative estimate of drug-likeness (QED) is 0.123. The number of esters is 1. The minimum absolute atomic E-state index is 0.0596. The fourth-order valence-corrected chi connectivity index (χ4v) is 6.37. The second kappa shape index (κ2) is 17.8. The molecule has 0 bridgehead atoms. The molecule has 1 aromatic heterocycles. The molecule has 8 nitrogen and oxygen atoms in total. The van der Waals surface area contributed by atoms with Crippen LogP contribution >= 0.6 is 0 Å². The minimum atomic E-state index is -5.38. The Hall–Kier alpha value is -4.47. The molecule has 1 unspecified atom stereocenters. The first kappa shape index (κ1) is 43.9. The number of carbonyl (C=O) groups excluding carboxylic acids is 2. The van der Waals surface area contributed by atoms with Crippen LogP contribution in [0.4, 0.5) is 35.1 Å². The maximum Gasteiger partial charge on any atom is 0.419 e. The predicted octanol–water partition coefficient (Wildman–Crippen LogP) is 8.35. The van der Waals surface area contributed by atoms with E-state index in [0.29, 0.717) is 24.2 Å². The number of rotatable bonds is 15. The second-order valence-corrected chi connectivity index (χ2v) is 13.7. The molecule has 1 N–H and O–H groups in total. The van der Waals surface area contributed by atoms with Crippen LogP contribution in [0.5, 0.6) is 5.75 Å². The molecule has 0 radical (unpaired) electrons. The molecule has 0 aliphatic heterocycles. The highest BCUT2D eigenvalue weighted by molar-refractivity contribution is 5.82. The number of pyridine rings is 1. The van der Waals surface area contributed by atoms with Crippen molar-refractivity contribution in [1.82, 2.24) is 14.8 Å². The average Bonchev–Trinajstić information content (AvgIpc) is 3.04. The lowest BCUT2D eigenvalue weighted by Gasteiger charge is -2.28. The molecule has 1 heterocycles. The second-order valence-electron chi connectivity index (χ2n) is 13.7. The Morgan fingerprint density at radius 3 is 2.13 bits per heavy atom. The zero-order valence-corrected chi connectivity index (χ0v) is 31.3. The molecule has 3 aromatic rings. The van der Waals surface area contributed by atoms with Crippen LogP contribution in [-0.4, -0.2) is 55.7 Å². The lowest BCUT2D eigenvalue weighted by Crippen LogP contribution is -2.41. The number of aryl methyl sites for hydroxylation is 2. The molecular weight excluding hydrogens is 730 g/mol. The zero-order chi connectivity index (χ0) is 40.9. The number of hydrogen-bond donors (Lipinski definition) is 1. The van der Waals surface area contributed by atoms with E-state index < -0.39 is 88.1 Å². The van der Waals surface area contributed by atoms with Gasteiger partial charge >= 0.3 is 18.3 Å². The van der Waals surface area contributed by atoms with E-state index in [1.807, 2.05) is 0 Å². The number of aromatic nitrogens is 1. The summed E-state index contributed by atoms with van der Waals surface area (Å²) in [6.45, 7) is 7.81. The highest BCUT2D eigenvalue weighted by Gasteiger charge is 2.41. The zero-order valence-electron chi connectivity index (χ0n) is 31.3. The van der Waals surface area contributed by atoms with Crippen molar-refractivity contribution in [3.05, 3.63) is 85.8 Å². The SMILES string of the molecule is CCOC(=O)C[C@H](NC(=O)C(CC(C)C)n1cc(CCCN(C)C)c(C(F)(F)F)cc1=O)c1c(F)c(-c2c(C)ccc(OC)c2C)cc(C(F)(F)F)c1F. The van der Waals surface area contributed by atoms with E-state index in [1.165, 1.54) is 40.0 Å². The number of alkyl halides is 6. The summed E-state index contributed by atoms with van der Waals surface area (Å²) in [6, 6.07) is -0.121. The van der Waals surface area contributed by atoms with Gasteiger partial charge in [0.25, 0.3) is 5.56 Å². The number of carbonyl (C=O) groups is 2. The highest BCUT2D eigenvalue weighted by atomic mass is 19.4. The normalized spacial score (nSPS) is 13.3. The van der Waals surface area contributed by atoms with Gasteiger partial charge in [-0.05, 0) is 101 Å². The van der Waals surface area contributed by atoms with Crippen molar-refractivity contribution >= 4 is 11.9 Å². The summed E-state index contributed by atoms with van der Waals surface area (Å²) in [6.07, 6.45) is -10.5. The summed E-state index contributed by atoms with van der Waals surface area (Å²) in [5.74, 6) is -6.17. The van der Waals surface area contributed by atoms with E-state index in [4.69, 9.17) is 9.47 Å². The molecule has 0 spiro atoms. The molecule has 0 saturated carbocycles. The Morgan fingerprint density at radius 1 is 0.963 bits per heavy atom. The van der Waals surface area contributed by atoms with Gasteiger partial charge < -0.3 is 24.3 Å². The Morgan fingerprint density at radius 2 is 1.59 bits per heavy atom. The average molecular weight is 776 g/mol. The van der Waals surface area contributed by atoms with Gasteiger partial charge in [0, 0.05) is 23.4 Å². The number of benzene rings is 2. The number of hydrogen-bond acceptors (Lipinski definition) is 6. The van der Waals surface area contributed by atoms with E-state index in [2.05, 4.69) is 5.32 Å². The molecule has 298 valence electrons.